The molecule has 1 aromatic rings. The van der Waals surface area contributed by atoms with E-state index in [9.17, 15) is 4.39 Å². The molecule has 1 aromatic carbocycles. The molecule has 2 rings (SSSR count). The molecule has 3 nitrogen and oxygen atoms in total. The number of hydrogen-bond acceptors (Lipinski definition) is 3. The largest absolute Gasteiger partial charge is 0.505 e. The van der Waals surface area contributed by atoms with E-state index in [0.717, 1.165) is 25.1 Å². The van der Waals surface area contributed by atoms with Crippen LogP contribution in [0, 0.1) is 11.7 Å². The molecule has 2 atom stereocenters. The summed E-state index contributed by atoms with van der Waals surface area (Å²) in [5.74, 6) is -0.268. The minimum atomic E-state index is -0.558. The van der Waals surface area contributed by atoms with Crippen molar-refractivity contribution in [1.82, 2.24) is 4.90 Å². The maximum atomic E-state index is 13.2. The molecular weight excluding hydrogens is 219 g/mol. The molecule has 4 heteroatoms. The van der Waals surface area contributed by atoms with Crippen LogP contribution in [0.3, 0.4) is 0 Å². The van der Waals surface area contributed by atoms with Crippen molar-refractivity contribution in [3.8, 4) is 5.75 Å². The van der Waals surface area contributed by atoms with Crippen molar-refractivity contribution in [2.45, 2.75) is 25.9 Å². The van der Waals surface area contributed by atoms with Gasteiger partial charge in [-0.15, -0.1) is 0 Å². The van der Waals surface area contributed by atoms with E-state index in [4.69, 9.17) is 10.8 Å². The predicted octanol–water partition coefficient (Wildman–Crippen LogP) is 1.70. The van der Waals surface area contributed by atoms with Gasteiger partial charge < -0.3 is 10.8 Å². The van der Waals surface area contributed by atoms with Crippen LogP contribution >= 0.6 is 0 Å². The number of hydrogen-bond donors (Lipinski definition) is 2. The third-order valence-electron chi connectivity index (χ3n) is 3.19. The Morgan fingerprint density at radius 2 is 2.24 bits per heavy atom. The summed E-state index contributed by atoms with van der Waals surface area (Å²) in [6.07, 6.45) is 1.06. The smallest absolute Gasteiger partial charge is 0.165 e. The van der Waals surface area contributed by atoms with E-state index in [0.29, 0.717) is 12.5 Å². The second-order valence-electron chi connectivity index (χ2n) is 5.08. The summed E-state index contributed by atoms with van der Waals surface area (Å²) >= 11 is 0. The van der Waals surface area contributed by atoms with Crippen molar-refractivity contribution in [2.75, 3.05) is 13.1 Å². The number of benzene rings is 1. The number of rotatable bonds is 2. The number of halogens is 1. The number of phenols is 1. The highest BCUT2D eigenvalue weighted by atomic mass is 19.1. The van der Waals surface area contributed by atoms with Gasteiger partial charge in [0.05, 0.1) is 0 Å². The van der Waals surface area contributed by atoms with Crippen LogP contribution in [0.4, 0.5) is 4.39 Å². The summed E-state index contributed by atoms with van der Waals surface area (Å²) < 4.78 is 13.2. The van der Waals surface area contributed by atoms with E-state index in [1.807, 2.05) is 0 Å². The van der Waals surface area contributed by atoms with Gasteiger partial charge >= 0.3 is 0 Å². The van der Waals surface area contributed by atoms with Gasteiger partial charge in [-0.25, -0.2) is 4.39 Å². The molecule has 1 aliphatic rings. The fraction of sp³-hybridized carbons (Fsp3) is 0.538. The predicted molar refractivity (Wildman–Crippen MR) is 65.1 cm³/mol. The second-order valence-corrected chi connectivity index (χ2v) is 5.08. The van der Waals surface area contributed by atoms with Crippen molar-refractivity contribution in [2.24, 2.45) is 11.7 Å². The minimum absolute atomic E-state index is 0.209. The fourth-order valence-corrected chi connectivity index (χ4v) is 2.55. The summed E-state index contributed by atoms with van der Waals surface area (Å²) in [6.45, 7) is 4.72. The van der Waals surface area contributed by atoms with Gasteiger partial charge in [0.2, 0.25) is 0 Å². The molecule has 17 heavy (non-hydrogen) atoms. The molecule has 1 heterocycles. The van der Waals surface area contributed by atoms with Crippen LogP contribution in [-0.4, -0.2) is 29.1 Å². The SMILES string of the molecule is CC1CC(N)CN(Cc2ccc(O)c(F)c2)C1. The first-order valence-corrected chi connectivity index (χ1v) is 6.00. The molecule has 1 saturated heterocycles. The zero-order valence-corrected chi connectivity index (χ0v) is 10.1. The Kier molecular flexibility index (Phi) is 3.64. The Bertz CT molecular complexity index is 387. The van der Waals surface area contributed by atoms with E-state index in [1.165, 1.54) is 12.1 Å². The lowest BCUT2D eigenvalue weighted by molar-refractivity contribution is 0.158. The molecule has 0 aliphatic carbocycles. The maximum absolute atomic E-state index is 13.2. The van der Waals surface area contributed by atoms with Gasteiger partial charge in [0.1, 0.15) is 0 Å². The average Bonchev–Trinajstić information content (AvgIpc) is 2.22. The molecule has 1 fully saturated rings. The van der Waals surface area contributed by atoms with Crippen LogP contribution in [0.5, 0.6) is 5.75 Å². The van der Waals surface area contributed by atoms with Crippen molar-refractivity contribution >= 4 is 0 Å². The normalized spacial score (nSPS) is 26.1. The van der Waals surface area contributed by atoms with E-state index in [2.05, 4.69) is 11.8 Å². The van der Waals surface area contributed by atoms with Gasteiger partial charge in [0.15, 0.2) is 11.6 Å². The lowest BCUT2D eigenvalue weighted by atomic mass is 9.96. The van der Waals surface area contributed by atoms with Crippen LogP contribution in [0.25, 0.3) is 0 Å². The first-order chi connectivity index (χ1) is 8.04. The summed E-state index contributed by atoms with van der Waals surface area (Å²) in [5.41, 5.74) is 6.84. The molecule has 0 spiro atoms. The molecule has 0 bridgehead atoms. The third-order valence-corrected chi connectivity index (χ3v) is 3.19. The highest BCUT2D eigenvalue weighted by Crippen LogP contribution is 2.20. The van der Waals surface area contributed by atoms with E-state index in [1.54, 1.807) is 6.07 Å². The first-order valence-electron chi connectivity index (χ1n) is 6.00. The number of piperidine rings is 1. The quantitative estimate of drug-likeness (QED) is 0.824. The van der Waals surface area contributed by atoms with Crippen molar-refractivity contribution < 1.29 is 9.50 Å². The number of nitrogens with zero attached hydrogens (tertiary/aromatic N) is 1. The van der Waals surface area contributed by atoms with Gasteiger partial charge in [0.25, 0.3) is 0 Å². The van der Waals surface area contributed by atoms with Crippen LogP contribution in [-0.2, 0) is 6.54 Å². The van der Waals surface area contributed by atoms with Gasteiger partial charge in [-0.2, -0.15) is 0 Å². The van der Waals surface area contributed by atoms with E-state index < -0.39 is 5.82 Å². The summed E-state index contributed by atoms with van der Waals surface area (Å²) in [6, 6.07) is 4.75. The second kappa shape index (κ2) is 5.02. The molecular formula is C13H19FN2O. The molecule has 0 saturated carbocycles. The standard InChI is InChI=1S/C13H19FN2O/c1-9-4-11(15)8-16(6-9)7-10-2-3-13(17)12(14)5-10/h2-3,5,9,11,17H,4,6-8,15H2,1H3. The minimum Gasteiger partial charge on any atom is -0.505 e. The lowest BCUT2D eigenvalue weighted by Crippen LogP contribution is -2.45. The van der Waals surface area contributed by atoms with Gasteiger partial charge in [-0.05, 0) is 30.0 Å². The molecule has 94 valence electrons. The Balaban J connectivity index is 2.02. The van der Waals surface area contributed by atoms with Crippen molar-refractivity contribution in [3.05, 3.63) is 29.6 Å². The van der Waals surface area contributed by atoms with Crippen LogP contribution in [0.15, 0.2) is 18.2 Å². The maximum Gasteiger partial charge on any atom is 0.165 e. The molecule has 0 amide bonds. The highest BCUT2D eigenvalue weighted by Gasteiger charge is 2.22. The molecule has 2 unspecified atom stereocenters. The van der Waals surface area contributed by atoms with Crippen LogP contribution in [0.2, 0.25) is 0 Å². The third kappa shape index (κ3) is 3.17. The van der Waals surface area contributed by atoms with E-state index in [-0.39, 0.29) is 11.8 Å². The van der Waals surface area contributed by atoms with Crippen molar-refractivity contribution in [3.63, 3.8) is 0 Å². The Morgan fingerprint density at radius 1 is 1.47 bits per heavy atom. The van der Waals surface area contributed by atoms with Crippen molar-refractivity contribution in [1.29, 1.82) is 0 Å². The van der Waals surface area contributed by atoms with Gasteiger partial charge in [-0.1, -0.05) is 13.0 Å². The molecule has 1 aliphatic heterocycles. The van der Waals surface area contributed by atoms with E-state index >= 15 is 0 Å². The molecule has 3 N–H and O–H groups in total. The highest BCUT2D eigenvalue weighted by molar-refractivity contribution is 5.28. The zero-order valence-electron chi connectivity index (χ0n) is 10.1. The van der Waals surface area contributed by atoms with Crippen LogP contribution in [0.1, 0.15) is 18.9 Å². The number of nitrogens with two attached hydrogens (primary N) is 1. The Labute approximate surface area is 101 Å². The summed E-state index contributed by atoms with van der Waals surface area (Å²) in [5, 5.41) is 9.13. The number of aromatic hydroxyl groups is 1. The molecule has 0 radical (unpaired) electrons. The van der Waals surface area contributed by atoms with Crippen LogP contribution < -0.4 is 5.73 Å². The summed E-state index contributed by atoms with van der Waals surface area (Å²) in [7, 11) is 0. The fourth-order valence-electron chi connectivity index (χ4n) is 2.55. The monoisotopic (exact) mass is 238 g/mol. The van der Waals surface area contributed by atoms with Gasteiger partial charge in [0, 0.05) is 25.7 Å². The lowest BCUT2D eigenvalue weighted by Gasteiger charge is -2.34. The Hall–Kier alpha value is -1.13. The zero-order chi connectivity index (χ0) is 12.4. The van der Waals surface area contributed by atoms with Gasteiger partial charge in [-0.3, -0.25) is 4.90 Å². The Morgan fingerprint density at radius 3 is 2.88 bits per heavy atom. The number of phenolic OH excluding ortho intramolecular Hbond substituents is 1. The first kappa shape index (κ1) is 12.3. The summed E-state index contributed by atoms with van der Waals surface area (Å²) in [4.78, 5) is 2.24. The molecule has 0 aromatic heterocycles. The average molecular weight is 238 g/mol. The number of likely N-dealkylation sites (tertiary alicyclic amines) is 1. The topological polar surface area (TPSA) is 49.5 Å².